The lowest BCUT2D eigenvalue weighted by Crippen LogP contribution is -2.26. The molecule has 4 unspecified atom stereocenters. The molecule has 0 heterocycles. The molecule has 2 N–H and O–H groups in total. The summed E-state index contributed by atoms with van der Waals surface area (Å²) >= 11 is 0. The van der Waals surface area contributed by atoms with E-state index in [1.54, 1.807) is 11.1 Å². The Bertz CT molecular complexity index is 479. The number of rotatable bonds is 2. The summed E-state index contributed by atoms with van der Waals surface area (Å²) in [5.74, 6) is 2.69. The normalized spacial score (nSPS) is 34.3. The molecule has 2 fully saturated rings. The van der Waals surface area contributed by atoms with Crippen molar-refractivity contribution in [3.63, 3.8) is 0 Å². The van der Waals surface area contributed by atoms with Gasteiger partial charge in [0.15, 0.2) is 0 Å². The molecule has 1 heteroatoms. The van der Waals surface area contributed by atoms with E-state index in [0.29, 0.717) is 6.04 Å². The molecule has 2 bridgehead atoms. The van der Waals surface area contributed by atoms with Gasteiger partial charge in [0, 0.05) is 6.04 Å². The summed E-state index contributed by atoms with van der Waals surface area (Å²) in [7, 11) is 0. The van der Waals surface area contributed by atoms with Gasteiger partial charge in [-0.15, -0.1) is 0 Å². The van der Waals surface area contributed by atoms with Gasteiger partial charge in [0.05, 0.1) is 0 Å². The van der Waals surface area contributed by atoms with E-state index >= 15 is 0 Å². The number of benzene rings is 1. The van der Waals surface area contributed by atoms with Crippen molar-refractivity contribution >= 4 is 0 Å². The minimum absolute atomic E-state index is 0.294. The average molecular weight is 255 g/mol. The Hall–Kier alpha value is -0.820. The SMILES string of the molecule is NC(c1ccc2c(c1)CCCC2)C1CC2CCC1C2. The molecule has 19 heavy (non-hydrogen) atoms. The summed E-state index contributed by atoms with van der Waals surface area (Å²) in [6, 6.07) is 7.41. The van der Waals surface area contributed by atoms with Crippen LogP contribution < -0.4 is 5.73 Å². The van der Waals surface area contributed by atoms with Gasteiger partial charge >= 0.3 is 0 Å². The summed E-state index contributed by atoms with van der Waals surface area (Å²) in [6.45, 7) is 0. The smallest absolute Gasteiger partial charge is 0.0326 e. The van der Waals surface area contributed by atoms with Crippen molar-refractivity contribution in [1.82, 2.24) is 0 Å². The monoisotopic (exact) mass is 255 g/mol. The highest BCUT2D eigenvalue weighted by molar-refractivity contribution is 5.35. The largest absolute Gasteiger partial charge is 0.324 e. The molecule has 102 valence electrons. The predicted octanol–water partition coefficient (Wildman–Crippen LogP) is 4.00. The number of aryl methyl sites for hydroxylation is 2. The van der Waals surface area contributed by atoms with E-state index in [0.717, 1.165) is 17.8 Å². The third-order valence-corrected chi connectivity index (χ3v) is 6.01. The summed E-state index contributed by atoms with van der Waals surface area (Å²) in [5, 5.41) is 0. The molecule has 1 nitrogen and oxygen atoms in total. The lowest BCUT2D eigenvalue weighted by Gasteiger charge is -2.29. The van der Waals surface area contributed by atoms with Crippen LogP contribution in [0.5, 0.6) is 0 Å². The van der Waals surface area contributed by atoms with Crippen molar-refractivity contribution in [2.45, 2.75) is 57.4 Å². The Kier molecular flexibility index (Phi) is 2.91. The fraction of sp³-hybridized carbons (Fsp3) is 0.667. The fourth-order valence-corrected chi connectivity index (χ4v) is 4.94. The molecule has 4 atom stereocenters. The summed E-state index contributed by atoms with van der Waals surface area (Å²) < 4.78 is 0. The number of fused-ring (bicyclic) bond motifs is 3. The molecule has 0 saturated heterocycles. The van der Waals surface area contributed by atoms with Crippen LogP contribution in [0.2, 0.25) is 0 Å². The molecule has 0 spiro atoms. The molecule has 3 aliphatic carbocycles. The van der Waals surface area contributed by atoms with E-state index in [9.17, 15) is 0 Å². The number of hydrogen-bond acceptors (Lipinski definition) is 1. The van der Waals surface area contributed by atoms with Crippen LogP contribution in [0, 0.1) is 17.8 Å². The quantitative estimate of drug-likeness (QED) is 0.849. The minimum atomic E-state index is 0.294. The molecule has 3 aliphatic rings. The maximum atomic E-state index is 6.62. The van der Waals surface area contributed by atoms with Crippen LogP contribution in [-0.4, -0.2) is 0 Å². The van der Waals surface area contributed by atoms with Gasteiger partial charge in [-0.1, -0.05) is 24.6 Å². The predicted molar refractivity (Wildman–Crippen MR) is 79.0 cm³/mol. The van der Waals surface area contributed by atoms with Crippen molar-refractivity contribution in [1.29, 1.82) is 0 Å². The van der Waals surface area contributed by atoms with Gasteiger partial charge in [-0.2, -0.15) is 0 Å². The molecule has 0 radical (unpaired) electrons. The number of nitrogens with two attached hydrogens (primary N) is 1. The van der Waals surface area contributed by atoms with Crippen molar-refractivity contribution in [2.24, 2.45) is 23.5 Å². The van der Waals surface area contributed by atoms with Crippen molar-refractivity contribution in [3.8, 4) is 0 Å². The standard InChI is InChI=1S/C18H25N/c19-18(17-10-12-5-6-15(17)9-12)16-8-7-13-3-1-2-4-14(13)11-16/h7-8,11-12,15,17-18H,1-6,9-10,19H2. The Morgan fingerprint density at radius 3 is 2.58 bits per heavy atom. The molecule has 0 aromatic heterocycles. The second-order valence-electron chi connectivity index (χ2n) is 7.10. The van der Waals surface area contributed by atoms with E-state index in [4.69, 9.17) is 5.73 Å². The maximum Gasteiger partial charge on any atom is 0.0326 e. The molecule has 0 amide bonds. The van der Waals surface area contributed by atoms with Crippen molar-refractivity contribution in [2.75, 3.05) is 0 Å². The van der Waals surface area contributed by atoms with E-state index in [1.165, 1.54) is 56.9 Å². The fourth-order valence-electron chi connectivity index (χ4n) is 4.94. The Morgan fingerprint density at radius 1 is 1.00 bits per heavy atom. The Morgan fingerprint density at radius 2 is 1.84 bits per heavy atom. The first-order chi connectivity index (χ1) is 9.31. The Labute approximate surface area is 116 Å². The van der Waals surface area contributed by atoms with E-state index in [2.05, 4.69) is 18.2 Å². The van der Waals surface area contributed by atoms with Gasteiger partial charge in [-0.25, -0.2) is 0 Å². The van der Waals surface area contributed by atoms with Crippen LogP contribution in [0.3, 0.4) is 0 Å². The highest BCUT2D eigenvalue weighted by Crippen LogP contribution is 2.52. The molecule has 1 aromatic rings. The topological polar surface area (TPSA) is 26.0 Å². The van der Waals surface area contributed by atoms with E-state index in [-0.39, 0.29) is 0 Å². The van der Waals surface area contributed by atoms with Crippen LogP contribution in [0.1, 0.15) is 61.3 Å². The van der Waals surface area contributed by atoms with Gasteiger partial charge in [-0.3, -0.25) is 0 Å². The molecule has 2 saturated carbocycles. The van der Waals surface area contributed by atoms with Gasteiger partial charge < -0.3 is 5.73 Å². The van der Waals surface area contributed by atoms with Crippen LogP contribution in [-0.2, 0) is 12.8 Å². The lowest BCUT2D eigenvalue weighted by molar-refractivity contribution is 0.284. The molecule has 4 rings (SSSR count). The van der Waals surface area contributed by atoms with Crippen molar-refractivity contribution < 1.29 is 0 Å². The van der Waals surface area contributed by atoms with Crippen LogP contribution >= 0.6 is 0 Å². The van der Waals surface area contributed by atoms with Gasteiger partial charge in [-0.05, 0) is 79.4 Å². The van der Waals surface area contributed by atoms with E-state index in [1.807, 2.05) is 0 Å². The lowest BCUT2D eigenvalue weighted by atomic mass is 9.79. The zero-order chi connectivity index (χ0) is 12.8. The van der Waals surface area contributed by atoms with Crippen molar-refractivity contribution in [3.05, 3.63) is 34.9 Å². The zero-order valence-corrected chi connectivity index (χ0v) is 11.8. The second-order valence-corrected chi connectivity index (χ2v) is 7.10. The van der Waals surface area contributed by atoms with Gasteiger partial charge in [0.25, 0.3) is 0 Å². The first-order valence-corrected chi connectivity index (χ1v) is 8.18. The maximum absolute atomic E-state index is 6.62. The first-order valence-electron chi connectivity index (χ1n) is 8.18. The minimum Gasteiger partial charge on any atom is -0.324 e. The molecular weight excluding hydrogens is 230 g/mol. The van der Waals surface area contributed by atoms with Crippen LogP contribution in [0.25, 0.3) is 0 Å². The molecule has 0 aliphatic heterocycles. The zero-order valence-electron chi connectivity index (χ0n) is 11.8. The summed E-state index contributed by atoms with van der Waals surface area (Å²) in [6.07, 6.45) is 11.0. The average Bonchev–Trinajstić information content (AvgIpc) is 3.08. The van der Waals surface area contributed by atoms with Crippen LogP contribution in [0.4, 0.5) is 0 Å². The summed E-state index contributed by atoms with van der Waals surface area (Å²) in [4.78, 5) is 0. The molecule has 1 aromatic carbocycles. The second kappa shape index (κ2) is 4.63. The first kappa shape index (κ1) is 12.0. The highest BCUT2D eigenvalue weighted by atomic mass is 14.7. The third kappa shape index (κ3) is 2.03. The highest BCUT2D eigenvalue weighted by Gasteiger charge is 2.42. The van der Waals surface area contributed by atoms with E-state index < -0.39 is 0 Å². The summed E-state index contributed by atoms with van der Waals surface area (Å²) in [5.41, 5.74) is 11.2. The van der Waals surface area contributed by atoms with Gasteiger partial charge in [0.1, 0.15) is 0 Å². The molecular formula is C18H25N. The third-order valence-electron chi connectivity index (χ3n) is 6.01. The Balaban J connectivity index is 1.58. The van der Waals surface area contributed by atoms with Gasteiger partial charge in [0.2, 0.25) is 0 Å². The van der Waals surface area contributed by atoms with Crippen LogP contribution in [0.15, 0.2) is 18.2 Å². The number of hydrogen-bond donors (Lipinski definition) is 1.